The minimum Gasteiger partial charge on any atom is -0.306 e. The molecule has 20 heavy (non-hydrogen) atoms. The molecule has 1 N–H and O–H groups in total. The van der Waals surface area contributed by atoms with Crippen molar-refractivity contribution >= 4 is 31.9 Å². The highest BCUT2D eigenvalue weighted by atomic mass is 79.9. The lowest BCUT2D eigenvalue weighted by Crippen LogP contribution is -2.54. The molecule has 1 aliphatic carbocycles. The molecule has 3 aliphatic rings. The molecule has 2 aliphatic heterocycles. The minimum atomic E-state index is 0.326. The summed E-state index contributed by atoms with van der Waals surface area (Å²) in [6.07, 6.45) is 2.26. The molecule has 0 radical (unpaired) electrons. The number of benzene rings is 1. The molecule has 2 heterocycles. The van der Waals surface area contributed by atoms with E-state index in [0.717, 1.165) is 6.42 Å². The van der Waals surface area contributed by atoms with E-state index in [1.54, 1.807) is 0 Å². The number of nitrogens with one attached hydrogen (secondary N) is 1. The summed E-state index contributed by atoms with van der Waals surface area (Å²) < 4.78 is 2.49. The Hall–Kier alpha value is -0.120. The maximum atomic E-state index is 4.12. The standard InChI is InChI=1S/C17H21Br2N/c1-9(2)7-12-16-15-11(19)6-5-10(18)14(15)13(20-12)8-17(16,3)4/h5-6,12-13,16,20H,1,7-8H2,2-4H3/t12-,13-,16+/m1/s1. The molecule has 4 rings (SSSR count). The Bertz CT molecular complexity index is 577. The minimum absolute atomic E-state index is 0.326. The first kappa shape index (κ1) is 14.8. The third kappa shape index (κ3) is 2.22. The summed E-state index contributed by atoms with van der Waals surface area (Å²) in [5, 5.41) is 3.85. The SMILES string of the molecule is C=C(C)C[C@H]1N[C@@H]2CC(C)(C)[C@@H]1c1c(Br)ccc(Br)c12. The van der Waals surface area contributed by atoms with Crippen LogP contribution in [0.25, 0.3) is 0 Å². The van der Waals surface area contributed by atoms with Crippen LogP contribution in [0.5, 0.6) is 0 Å². The second kappa shape index (κ2) is 4.96. The van der Waals surface area contributed by atoms with Crippen LogP contribution in [0.15, 0.2) is 33.2 Å². The number of hydrogen-bond acceptors (Lipinski definition) is 1. The van der Waals surface area contributed by atoms with Crippen molar-refractivity contribution in [2.45, 2.75) is 51.6 Å². The summed E-state index contributed by atoms with van der Waals surface area (Å²) >= 11 is 7.54. The lowest BCUT2D eigenvalue weighted by Gasteiger charge is -2.55. The topological polar surface area (TPSA) is 12.0 Å². The number of fused-ring (bicyclic) bond motifs is 2. The lowest BCUT2D eigenvalue weighted by molar-refractivity contribution is 0.102. The van der Waals surface area contributed by atoms with Gasteiger partial charge in [0.2, 0.25) is 0 Å². The summed E-state index contributed by atoms with van der Waals surface area (Å²) in [4.78, 5) is 0. The Morgan fingerprint density at radius 1 is 1.30 bits per heavy atom. The molecule has 2 bridgehead atoms. The quantitative estimate of drug-likeness (QED) is 0.629. The summed E-state index contributed by atoms with van der Waals surface area (Å²) in [5.74, 6) is 0.533. The van der Waals surface area contributed by atoms with E-state index in [1.165, 1.54) is 32.1 Å². The Balaban J connectivity index is 2.16. The van der Waals surface area contributed by atoms with Crippen LogP contribution in [0, 0.1) is 5.41 Å². The van der Waals surface area contributed by atoms with Crippen molar-refractivity contribution in [3.8, 4) is 0 Å². The van der Waals surface area contributed by atoms with Crippen molar-refractivity contribution in [1.29, 1.82) is 0 Å². The third-order valence-corrected chi connectivity index (χ3v) is 6.18. The van der Waals surface area contributed by atoms with E-state index < -0.39 is 0 Å². The van der Waals surface area contributed by atoms with Gasteiger partial charge in [-0.1, -0.05) is 51.3 Å². The molecule has 1 fully saturated rings. The second-order valence-corrected chi connectivity index (χ2v) is 8.72. The maximum absolute atomic E-state index is 4.12. The van der Waals surface area contributed by atoms with Crippen LogP contribution >= 0.6 is 31.9 Å². The van der Waals surface area contributed by atoms with Crippen molar-refractivity contribution < 1.29 is 0 Å². The summed E-state index contributed by atoms with van der Waals surface area (Å²) in [6.45, 7) is 11.1. The lowest BCUT2D eigenvalue weighted by atomic mass is 9.58. The molecule has 0 spiro atoms. The van der Waals surface area contributed by atoms with Crippen LogP contribution in [-0.4, -0.2) is 6.04 Å². The highest BCUT2D eigenvalue weighted by Crippen LogP contribution is 2.58. The Kier molecular flexibility index (Phi) is 3.67. The Morgan fingerprint density at radius 2 is 1.90 bits per heavy atom. The highest BCUT2D eigenvalue weighted by Gasteiger charge is 2.50. The fourth-order valence-corrected chi connectivity index (χ4v) is 5.41. The van der Waals surface area contributed by atoms with Gasteiger partial charge in [-0.25, -0.2) is 0 Å². The molecule has 1 aromatic rings. The number of piperidine rings is 1. The van der Waals surface area contributed by atoms with E-state index in [1.807, 2.05) is 0 Å². The first-order valence-electron chi connectivity index (χ1n) is 7.19. The van der Waals surface area contributed by atoms with Gasteiger partial charge in [0.1, 0.15) is 0 Å². The van der Waals surface area contributed by atoms with Gasteiger partial charge in [0.25, 0.3) is 0 Å². The first-order chi connectivity index (χ1) is 9.31. The maximum Gasteiger partial charge on any atom is 0.0342 e. The molecule has 1 saturated heterocycles. The van der Waals surface area contributed by atoms with Gasteiger partial charge in [0.05, 0.1) is 0 Å². The Morgan fingerprint density at radius 3 is 2.50 bits per heavy atom. The molecule has 3 heteroatoms. The molecular weight excluding hydrogens is 378 g/mol. The molecule has 0 aromatic heterocycles. The molecule has 3 atom stereocenters. The van der Waals surface area contributed by atoms with Crippen LogP contribution in [0.4, 0.5) is 0 Å². The van der Waals surface area contributed by atoms with Crippen LogP contribution in [0.3, 0.4) is 0 Å². The zero-order valence-corrected chi connectivity index (χ0v) is 15.4. The van der Waals surface area contributed by atoms with Gasteiger partial charge in [-0.3, -0.25) is 0 Å². The van der Waals surface area contributed by atoms with Crippen LogP contribution in [-0.2, 0) is 0 Å². The summed E-state index contributed by atoms with van der Waals surface area (Å²) in [6, 6.07) is 5.28. The smallest absolute Gasteiger partial charge is 0.0342 e. The predicted molar refractivity (Wildman–Crippen MR) is 92.1 cm³/mol. The van der Waals surface area contributed by atoms with Crippen LogP contribution in [0.2, 0.25) is 0 Å². The molecule has 1 nitrogen and oxygen atoms in total. The van der Waals surface area contributed by atoms with Crippen LogP contribution in [0.1, 0.15) is 56.7 Å². The molecule has 0 amide bonds. The van der Waals surface area contributed by atoms with Gasteiger partial charge in [0, 0.05) is 26.9 Å². The van der Waals surface area contributed by atoms with Gasteiger partial charge >= 0.3 is 0 Å². The van der Waals surface area contributed by atoms with E-state index in [4.69, 9.17) is 0 Å². The largest absolute Gasteiger partial charge is 0.306 e. The van der Waals surface area contributed by atoms with E-state index in [2.05, 4.69) is 76.7 Å². The predicted octanol–water partition coefficient (Wildman–Crippen LogP) is 5.70. The van der Waals surface area contributed by atoms with Gasteiger partial charge < -0.3 is 5.32 Å². The molecule has 0 unspecified atom stereocenters. The zero-order chi connectivity index (χ0) is 14.7. The average molecular weight is 399 g/mol. The second-order valence-electron chi connectivity index (χ2n) is 7.01. The number of halogens is 2. The molecular formula is C17H21Br2N. The Labute approximate surface area is 138 Å². The van der Waals surface area contributed by atoms with E-state index in [9.17, 15) is 0 Å². The normalized spacial score (nSPS) is 30.1. The van der Waals surface area contributed by atoms with Gasteiger partial charge in [-0.2, -0.15) is 0 Å². The fourth-order valence-electron chi connectivity index (χ4n) is 4.19. The zero-order valence-electron chi connectivity index (χ0n) is 12.3. The van der Waals surface area contributed by atoms with Crippen molar-refractivity contribution in [2.24, 2.45) is 5.41 Å². The van der Waals surface area contributed by atoms with Crippen molar-refractivity contribution in [3.63, 3.8) is 0 Å². The van der Waals surface area contributed by atoms with Gasteiger partial charge in [-0.15, -0.1) is 6.58 Å². The van der Waals surface area contributed by atoms with Crippen molar-refractivity contribution in [3.05, 3.63) is 44.4 Å². The first-order valence-corrected chi connectivity index (χ1v) is 8.78. The highest BCUT2D eigenvalue weighted by molar-refractivity contribution is 9.11. The summed E-state index contributed by atoms with van der Waals surface area (Å²) in [5.41, 5.74) is 4.55. The fraction of sp³-hybridized carbons (Fsp3) is 0.529. The number of rotatable bonds is 2. The molecule has 0 saturated carbocycles. The monoisotopic (exact) mass is 397 g/mol. The molecule has 108 valence electrons. The average Bonchev–Trinajstić information content (AvgIpc) is 2.31. The van der Waals surface area contributed by atoms with Crippen molar-refractivity contribution in [2.75, 3.05) is 0 Å². The molecule has 1 aromatic carbocycles. The van der Waals surface area contributed by atoms with Gasteiger partial charge in [0.15, 0.2) is 0 Å². The van der Waals surface area contributed by atoms with E-state index >= 15 is 0 Å². The number of hydrogen-bond donors (Lipinski definition) is 1. The van der Waals surface area contributed by atoms with E-state index in [-0.39, 0.29) is 0 Å². The third-order valence-electron chi connectivity index (χ3n) is 4.80. The van der Waals surface area contributed by atoms with Crippen LogP contribution < -0.4 is 5.32 Å². The van der Waals surface area contributed by atoms with Gasteiger partial charge in [-0.05, 0) is 48.4 Å². The van der Waals surface area contributed by atoms with E-state index in [0.29, 0.717) is 23.4 Å². The summed E-state index contributed by atoms with van der Waals surface area (Å²) in [7, 11) is 0. The van der Waals surface area contributed by atoms with Crippen molar-refractivity contribution in [1.82, 2.24) is 5.32 Å².